The van der Waals surface area contributed by atoms with Gasteiger partial charge >= 0.3 is 0 Å². The summed E-state index contributed by atoms with van der Waals surface area (Å²) in [5.41, 5.74) is 1.26. The molecule has 0 unspecified atom stereocenters. The minimum absolute atomic E-state index is 0. The van der Waals surface area contributed by atoms with Gasteiger partial charge in [0.15, 0.2) is 0 Å². The summed E-state index contributed by atoms with van der Waals surface area (Å²) in [4.78, 5) is 17.3. The number of amides is 1. The van der Waals surface area contributed by atoms with Crippen molar-refractivity contribution in [2.45, 2.75) is 35.6 Å². The lowest BCUT2D eigenvalue weighted by atomic mass is 10.2. The van der Waals surface area contributed by atoms with Crippen molar-refractivity contribution in [1.29, 1.82) is 0 Å². The first-order chi connectivity index (χ1) is 10.2. The third-order valence-electron chi connectivity index (χ3n) is 3.44. The van der Waals surface area contributed by atoms with E-state index in [9.17, 15) is 4.79 Å². The lowest BCUT2D eigenvalue weighted by Crippen LogP contribution is -2.29. The standard InChI is InChI=1S/C17H17NOS2.CH4/c1-13(19)18-9-10-20-17-8-7-16(11-14(17)12-18)21-15-5-3-2-4-6-15;/h2-8,11H,9-10,12H2,1H3;1H4. The number of carbonyl (C=O) groups excluding carboxylic acids is 1. The van der Waals surface area contributed by atoms with E-state index in [4.69, 9.17) is 0 Å². The fraction of sp³-hybridized carbons (Fsp3) is 0.278. The van der Waals surface area contributed by atoms with Crippen LogP contribution in [0.3, 0.4) is 0 Å². The van der Waals surface area contributed by atoms with Crippen molar-refractivity contribution in [3.8, 4) is 0 Å². The average Bonchev–Trinajstić information content (AvgIpc) is 2.70. The first kappa shape index (κ1) is 17.0. The normalized spacial score (nSPS) is 13.8. The molecule has 0 bridgehead atoms. The van der Waals surface area contributed by atoms with Crippen molar-refractivity contribution >= 4 is 29.4 Å². The third kappa shape index (κ3) is 4.08. The predicted octanol–water partition coefficient (Wildman–Crippen LogP) is 4.93. The van der Waals surface area contributed by atoms with Crippen LogP contribution in [0.5, 0.6) is 0 Å². The summed E-state index contributed by atoms with van der Waals surface area (Å²) in [5.74, 6) is 1.13. The van der Waals surface area contributed by atoms with Crippen LogP contribution in [-0.2, 0) is 11.3 Å². The van der Waals surface area contributed by atoms with Gasteiger partial charge in [0.2, 0.25) is 5.91 Å². The summed E-state index contributed by atoms with van der Waals surface area (Å²) < 4.78 is 0. The lowest BCUT2D eigenvalue weighted by Gasteiger charge is -2.18. The number of carbonyl (C=O) groups is 1. The number of benzene rings is 2. The van der Waals surface area contributed by atoms with Gasteiger partial charge in [-0.1, -0.05) is 37.4 Å². The summed E-state index contributed by atoms with van der Waals surface area (Å²) in [6.07, 6.45) is 0. The Labute approximate surface area is 141 Å². The van der Waals surface area contributed by atoms with Crippen molar-refractivity contribution in [2.24, 2.45) is 0 Å². The van der Waals surface area contributed by atoms with Gasteiger partial charge < -0.3 is 4.90 Å². The molecule has 0 saturated carbocycles. The molecule has 116 valence electrons. The zero-order valence-electron chi connectivity index (χ0n) is 11.9. The first-order valence-corrected chi connectivity index (χ1v) is 8.77. The van der Waals surface area contributed by atoms with Crippen LogP contribution in [0.1, 0.15) is 19.9 Å². The summed E-state index contributed by atoms with van der Waals surface area (Å²) in [5, 5.41) is 0. The van der Waals surface area contributed by atoms with E-state index in [1.807, 2.05) is 22.7 Å². The molecule has 1 heterocycles. The van der Waals surface area contributed by atoms with Crippen molar-refractivity contribution < 1.29 is 4.79 Å². The minimum Gasteiger partial charge on any atom is -0.338 e. The van der Waals surface area contributed by atoms with Gasteiger partial charge in [0.05, 0.1) is 0 Å². The van der Waals surface area contributed by atoms with Crippen LogP contribution >= 0.6 is 23.5 Å². The Bertz CT molecular complexity index is 643. The van der Waals surface area contributed by atoms with Crippen LogP contribution in [0.15, 0.2) is 63.2 Å². The maximum Gasteiger partial charge on any atom is 0.219 e. The number of thioether (sulfide) groups is 1. The van der Waals surface area contributed by atoms with E-state index in [2.05, 4.69) is 42.5 Å². The quantitative estimate of drug-likeness (QED) is 0.778. The van der Waals surface area contributed by atoms with Crippen LogP contribution in [0, 0.1) is 0 Å². The monoisotopic (exact) mass is 331 g/mol. The SMILES string of the molecule is C.CC(=O)N1CCSc2ccc(Sc3ccccc3)cc2C1. The molecule has 2 aromatic carbocycles. The largest absolute Gasteiger partial charge is 0.338 e. The van der Waals surface area contributed by atoms with Crippen LogP contribution in [0.25, 0.3) is 0 Å². The zero-order valence-corrected chi connectivity index (χ0v) is 13.5. The molecule has 0 saturated heterocycles. The lowest BCUT2D eigenvalue weighted by molar-refractivity contribution is -0.129. The third-order valence-corrected chi connectivity index (χ3v) is 5.53. The van der Waals surface area contributed by atoms with Gasteiger partial charge in [-0.05, 0) is 35.9 Å². The second kappa shape index (κ2) is 7.75. The fourth-order valence-corrected chi connectivity index (χ4v) is 4.23. The summed E-state index contributed by atoms with van der Waals surface area (Å²) in [6, 6.07) is 17.0. The smallest absolute Gasteiger partial charge is 0.219 e. The first-order valence-electron chi connectivity index (χ1n) is 6.96. The van der Waals surface area contributed by atoms with Crippen LogP contribution in [-0.4, -0.2) is 23.1 Å². The molecule has 1 aliphatic rings. The van der Waals surface area contributed by atoms with Gasteiger partial charge in [-0.15, -0.1) is 11.8 Å². The molecule has 4 heteroatoms. The van der Waals surface area contributed by atoms with Gasteiger partial charge in [-0.2, -0.15) is 0 Å². The Morgan fingerprint density at radius 2 is 1.91 bits per heavy atom. The van der Waals surface area contributed by atoms with Crippen LogP contribution in [0.4, 0.5) is 0 Å². The van der Waals surface area contributed by atoms with E-state index in [0.717, 1.165) is 18.8 Å². The summed E-state index contributed by atoms with van der Waals surface area (Å²) >= 11 is 3.61. The van der Waals surface area contributed by atoms with Gasteiger partial charge in [-0.3, -0.25) is 4.79 Å². The number of nitrogens with zero attached hydrogens (tertiary/aromatic N) is 1. The van der Waals surface area contributed by atoms with Crippen molar-refractivity contribution in [3.63, 3.8) is 0 Å². The van der Waals surface area contributed by atoms with E-state index in [1.165, 1.54) is 20.2 Å². The minimum atomic E-state index is 0. The molecule has 0 fully saturated rings. The van der Waals surface area contributed by atoms with Gasteiger partial charge in [-0.25, -0.2) is 0 Å². The molecule has 1 aliphatic heterocycles. The molecule has 22 heavy (non-hydrogen) atoms. The van der Waals surface area contributed by atoms with E-state index >= 15 is 0 Å². The Morgan fingerprint density at radius 3 is 2.64 bits per heavy atom. The summed E-state index contributed by atoms with van der Waals surface area (Å²) in [7, 11) is 0. The van der Waals surface area contributed by atoms with E-state index in [0.29, 0.717) is 0 Å². The topological polar surface area (TPSA) is 20.3 Å². The Kier molecular flexibility index (Phi) is 5.98. The van der Waals surface area contributed by atoms with Gasteiger partial charge in [0, 0.05) is 40.5 Å². The van der Waals surface area contributed by atoms with Gasteiger partial charge in [0.1, 0.15) is 0 Å². The van der Waals surface area contributed by atoms with Crippen molar-refractivity contribution in [3.05, 3.63) is 54.1 Å². The molecule has 0 aliphatic carbocycles. The molecule has 0 N–H and O–H groups in total. The number of hydrogen-bond acceptors (Lipinski definition) is 3. The number of rotatable bonds is 2. The second-order valence-corrected chi connectivity index (χ2v) is 7.26. The highest BCUT2D eigenvalue weighted by molar-refractivity contribution is 7.99. The van der Waals surface area contributed by atoms with Crippen molar-refractivity contribution in [1.82, 2.24) is 4.90 Å². The molecule has 0 spiro atoms. The summed E-state index contributed by atoms with van der Waals surface area (Å²) in [6.45, 7) is 3.20. The van der Waals surface area contributed by atoms with E-state index in [-0.39, 0.29) is 13.3 Å². The fourth-order valence-electron chi connectivity index (χ4n) is 2.33. The molecule has 2 aromatic rings. The highest BCUT2D eigenvalue weighted by Crippen LogP contribution is 2.34. The molecule has 3 rings (SSSR count). The molecular weight excluding hydrogens is 310 g/mol. The molecule has 0 radical (unpaired) electrons. The molecule has 0 aromatic heterocycles. The number of fused-ring (bicyclic) bond motifs is 1. The van der Waals surface area contributed by atoms with Crippen LogP contribution < -0.4 is 0 Å². The highest BCUT2D eigenvalue weighted by atomic mass is 32.2. The van der Waals surface area contributed by atoms with E-state index < -0.39 is 0 Å². The van der Waals surface area contributed by atoms with Gasteiger partial charge in [0.25, 0.3) is 0 Å². The molecule has 1 amide bonds. The highest BCUT2D eigenvalue weighted by Gasteiger charge is 2.17. The van der Waals surface area contributed by atoms with Crippen molar-refractivity contribution in [2.75, 3.05) is 12.3 Å². The molecule has 2 nitrogen and oxygen atoms in total. The molecule has 0 atom stereocenters. The zero-order chi connectivity index (χ0) is 14.7. The Balaban J connectivity index is 0.00000176. The Morgan fingerprint density at radius 1 is 1.14 bits per heavy atom. The van der Waals surface area contributed by atoms with Crippen LogP contribution in [0.2, 0.25) is 0 Å². The molecular formula is C18H21NOS2. The Hall–Kier alpha value is -1.39. The predicted molar refractivity (Wildman–Crippen MR) is 95.6 cm³/mol. The average molecular weight is 332 g/mol. The number of hydrogen-bond donors (Lipinski definition) is 0. The van der Waals surface area contributed by atoms with E-state index in [1.54, 1.807) is 18.7 Å². The maximum absolute atomic E-state index is 11.6. The second-order valence-electron chi connectivity index (χ2n) is 4.97. The maximum atomic E-state index is 11.6.